The van der Waals surface area contributed by atoms with Crippen LogP contribution < -0.4 is 5.32 Å². The van der Waals surface area contributed by atoms with Crippen LogP contribution in [0.3, 0.4) is 0 Å². The Bertz CT molecular complexity index is 197. The minimum atomic E-state index is -0.451. The maximum Gasteiger partial charge on any atom is 0.251 e. The first kappa shape index (κ1) is 10.2. The zero-order valence-electron chi connectivity index (χ0n) is 7.84. The van der Waals surface area contributed by atoms with Crippen molar-refractivity contribution in [2.75, 3.05) is 26.4 Å². The molecule has 4 heteroatoms. The van der Waals surface area contributed by atoms with Crippen molar-refractivity contribution in [2.24, 2.45) is 0 Å². The van der Waals surface area contributed by atoms with Crippen molar-refractivity contribution in [1.82, 2.24) is 5.32 Å². The second kappa shape index (κ2) is 4.99. The van der Waals surface area contributed by atoms with Crippen LogP contribution in [-0.4, -0.2) is 38.4 Å². The molecule has 74 valence electrons. The lowest BCUT2D eigenvalue weighted by Crippen LogP contribution is -2.43. The van der Waals surface area contributed by atoms with Crippen LogP contribution in [0.1, 0.15) is 6.92 Å². The maximum absolute atomic E-state index is 11.3. The van der Waals surface area contributed by atoms with Gasteiger partial charge in [0.2, 0.25) is 0 Å². The van der Waals surface area contributed by atoms with E-state index >= 15 is 0 Å². The summed E-state index contributed by atoms with van der Waals surface area (Å²) in [5, 5.41) is 2.71. The monoisotopic (exact) mass is 185 g/mol. The highest BCUT2D eigenvalue weighted by Crippen LogP contribution is 2.00. The third-order valence-corrected chi connectivity index (χ3v) is 1.67. The predicted molar refractivity (Wildman–Crippen MR) is 48.4 cm³/mol. The van der Waals surface area contributed by atoms with Gasteiger partial charge in [-0.25, -0.2) is 0 Å². The molecule has 0 aromatic heterocycles. The van der Waals surface area contributed by atoms with E-state index in [9.17, 15) is 4.79 Å². The second-order valence-electron chi connectivity index (χ2n) is 3.11. The van der Waals surface area contributed by atoms with Crippen LogP contribution in [0.25, 0.3) is 0 Å². The Morgan fingerprint density at radius 2 is 2.38 bits per heavy atom. The molecule has 1 unspecified atom stereocenters. The summed E-state index contributed by atoms with van der Waals surface area (Å²) in [4.78, 5) is 11.3. The lowest BCUT2D eigenvalue weighted by atomic mass is 10.3. The number of nitrogens with one attached hydrogen (secondary N) is 1. The molecule has 1 heterocycles. The first-order valence-corrected chi connectivity index (χ1v) is 4.31. The fourth-order valence-corrected chi connectivity index (χ4v) is 0.991. The molecule has 1 fully saturated rings. The van der Waals surface area contributed by atoms with E-state index in [1.165, 1.54) is 0 Å². The number of amides is 1. The number of carbonyl (C=O) groups is 1. The summed E-state index contributed by atoms with van der Waals surface area (Å²) in [6.07, 6.45) is -0.451. The number of ether oxygens (including phenoxy) is 2. The third kappa shape index (κ3) is 3.57. The van der Waals surface area contributed by atoms with Crippen LogP contribution in [-0.2, 0) is 14.3 Å². The van der Waals surface area contributed by atoms with E-state index in [0.29, 0.717) is 26.4 Å². The minimum absolute atomic E-state index is 0.122. The van der Waals surface area contributed by atoms with E-state index in [-0.39, 0.29) is 5.91 Å². The van der Waals surface area contributed by atoms with Crippen LogP contribution in [0.2, 0.25) is 0 Å². The van der Waals surface area contributed by atoms with Crippen molar-refractivity contribution in [3.8, 4) is 0 Å². The van der Waals surface area contributed by atoms with Gasteiger partial charge in [-0.3, -0.25) is 4.79 Å². The second-order valence-corrected chi connectivity index (χ2v) is 3.11. The van der Waals surface area contributed by atoms with Crippen LogP contribution >= 0.6 is 0 Å². The number of rotatable bonds is 3. The summed E-state index contributed by atoms with van der Waals surface area (Å²) >= 11 is 0. The number of hydrogen-bond acceptors (Lipinski definition) is 3. The highest BCUT2D eigenvalue weighted by molar-refractivity contribution is 5.81. The van der Waals surface area contributed by atoms with Crippen molar-refractivity contribution in [1.29, 1.82) is 0 Å². The van der Waals surface area contributed by atoms with Gasteiger partial charge in [0.05, 0.1) is 19.8 Å². The van der Waals surface area contributed by atoms with E-state index in [1.807, 2.05) is 6.92 Å². The summed E-state index contributed by atoms with van der Waals surface area (Å²) in [7, 11) is 0. The molecular weight excluding hydrogens is 170 g/mol. The van der Waals surface area contributed by atoms with Gasteiger partial charge in [0, 0.05) is 6.54 Å². The van der Waals surface area contributed by atoms with Crippen LogP contribution in [0.5, 0.6) is 0 Å². The SMILES string of the molecule is C=C(C)CNC(=O)C1COCCO1. The molecule has 0 saturated carbocycles. The van der Waals surface area contributed by atoms with Gasteiger partial charge >= 0.3 is 0 Å². The van der Waals surface area contributed by atoms with Crippen molar-refractivity contribution in [3.63, 3.8) is 0 Å². The lowest BCUT2D eigenvalue weighted by molar-refractivity contribution is -0.147. The Balaban J connectivity index is 2.25. The molecule has 0 spiro atoms. The van der Waals surface area contributed by atoms with E-state index in [2.05, 4.69) is 11.9 Å². The quantitative estimate of drug-likeness (QED) is 0.634. The van der Waals surface area contributed by atoms with Gasteiger partial charge in [-0.1, -0.05) is 12.2 Å². The molecule has 0 aromatic rings. The molecule has 0 aromatic carbocycles. The fourth-order valence-electron chi connectivity index (χ4n) is 0.991. The fraction of sp³-hybridized carbons (Fsp3) is 0.667. The number of carbonyl (C=O) groups excluding carboxylic acids is 1. The lowest BCUT2D eigenvalue weighted by Gasteiger charge is -2.21. The smallest absolute Gasteiger partial charge is 0.251 e. The summed E-state index contributed by atoms with van der Waals surface area (Å²) < 4.78 is 10.3. The first-order valence-electron chi connectivity index (χ1n) is 4.31. The molecule has 0 bridgehead atoms. The highest BCUT2D eigenvalue weighted by Gasteiger charge is 2.21. The van der Waals surface area contributed by atoms with E-state index < -0.39 is 6.10 Å². The molecule has 1 aliphatic rings. The molecule has 0 radical (unpaired) electrons. The Morgan fingerprint density at radius 3 is 2.92 bits per heavy atom. The van der Waals surface area contributed by atoms with E-state index in [1.54, 1.807) is 0 Å². The van der Waals surface area contributed by atoms with E-state index in [4.69, 9.17) is 9.47 Å². The Labute approximate surface area is 77.9 Å². The van der Waals surface area contributed by atoms with Crippen molar-refractivity contribution < 1.29 is 14.3 Å². The Kier molecular flexibility index (Phi) is 3.92. The molecule has 1 atom stereocenters. The zero-order chi connectivity index (χ0) is 9.68. The Morgan fingerprint density at radius 1 is 1.62 bits per heavy atom. The largest absolute Gasteiger partial charge is 0.376 e. The molecule has 1 saturated heterocycles. The molecule has 4 nitrogen and oxygen atoms in total. The average molecular weight is 185 g/mol. The molecular formula is C9H15NO3. The van der Waals surface area contributed by atoms with Crippen LogP contribution in [0.4, 0.5) is 0 Å². The summed E-state index contributed by atoms with van der Waals surface area (Å²) in [5.41, 5.74) is 0.921. The molecule has 1 aliphatic heterocycles. The highest BCUT2D eigenvalue weighted by atomic mass is 16.6. The summed E-state index contributed by atoms with van der Waals surface area (Å²) in [5.74, 6) is -0.122. The molecule has 13 heavy (non-hydrogen) atoms. The average Bonchev–Trinajstić information content (AvgIpc) is 2.15. The van der Waals surface area contributed by atoms with Gasteiger partial charge in [0.1, 0.15) is 0 Å². The van der Waals surface area contributed by atoms with Gasteiger partial charge in [0.15, 0.2) is 6.10 Å². The first-order chi connectivity index (χ1) is 6.20. The summed E-state index contributed by atoms with van der Waals surface area (Å²) in [6.45, 7) is 7.46. The van der Waals surface area contributed by atoms with Crippen LogP contribution in [0.15, 0.2) is 12.2 Å². The minimum Gasteiger partial charge on any atom is -0.376 e. The van der Waals surface area contributed by atoms with Crippen molar-refractivity contribution in [2.45, 2.75) is 13.0 Å². The third-order valence-electron chi connectivity index (χ3n) is 1.67. The standard InChI is InChI=1S/C9H15NO3/c1-7(2)5-10-9(11)8-6-12-3-4-13-8/h8H,1,3-6H2,2H3,(H,10,11). The summed E-state index contributed by atoms with van der Waals surface area (Å²) in [6, 6.07) is 0. The zero-order valence-corrected chi connectivity index (χ0v) is 7.84. The molecule has 0 aliphatic carbocycles. The van der Waals surface area contributed by atoms with Gasteiger partial charge < -0.3 is 14.8 Å². The van der Waals surface area contributed by atoms with E-state index in [0.717, 1.165) is 5.57 Å². The topological polar surface area (TPSA) is 47.6 Å². The van der Waals surface area contributed by atoms with Crippen molar-refractivity contribution in [3.05, 3.63) is 12.2 Å². The molecule has 1 amide bonds. The predicted octanol–water partition coefficient (Wildman–Crippen LogP) is 0.0941. The number of hydrogen-bond donors (Lipinski definition) is 1. The van der Waals surface area contributed by atoms with Crippen LogP contribution in [0, 0.1) is 0 Å². The van der Waals surface area contributed by atoms with Gasteiger partial charge in [-0.15, -0.1) is 0 Å². The Hall–Kier alpha value is -0.870. The molecule has 1 N–H and O–H groups in total. The van der Waals surface area contributed by atoms with Gasteiger partial charge in [-0.2, -0.15) is 0 Å². The normalized spacial score (nSPS) is 22.4. The molecule has 1 rings (SSSR count). The van der Waals surface area contributed by atoms with Gasteiger partial charge in [0.25, 0.3) is 5.91 Å². The maximum atomic E-state index is 11.3. The van der Waals surface area contributed by atoms with Gasteiger partial charge in [-0.05, 0) is 6.92 Å². The van der Waals surface area contributed by atoms with Crippen molar-refractivity contribution >= 4 is 5.91 Å².